The molecule has 2 N–H and O–H groups in total. The van der Waals surface area contributed by atoms with Gasteiger partial charge in [0.1, 0.15) is 17.6 Å². The largest absolute Gasteiger partial charge is 0.497 e. The Morgan fingerprint density at radius 1 is 1.36 bits per heavy atom. The number of ether oxygens (including phenoxy) is 1. The number of rotatable bonds is 5. The first-order valence-electron chi connectivity index (χ1n) is 8.02. The number of thiophene rings is 1. The van der Waals surface area contributed by atoms with Gasteiger partial charge in [0.15, 0.2) is 0 Å². The number of benzene rings is 1. The Balaban J connectivity index is 1.60. The number of hydrogen-bond acceptors (Lipinski definition) is 5. The molecular weight excluding hydrogens is 336 g/mol. The Morgan fingerprint density at radius 2 is 2.20 bits per heavy atom. The van der Waals surface area contributed by atoms with Gasteiger partial charge in [0.2, 0.25) is 0 Å². The zero-order valence-electron chi connectivity index (χ0n) is 13.7. The van der Waals surface area contributed by atoms with Crippen LogP contribution in [0.1, 0.15) is 21.5 Å². The number of aromatic nitrogens is 2. The SMILES string of the molecule is COc1ccc(-c2cc3n(n2)[C@@H](NCc2cccs2)CNC3=O)cc1. The summed E-state index contributed by atoms with van der Waals surface area (Å²) < 4.78 is 6.97. The fourth-order valence-corrected chi connectivity index (χ4v) is 3.52. The predicted octanol–water partition coefficient (Wildman–Crippen LogP) is 2.65. The maximum atomic E-state index is 12.2. The van der Waals surface area contributed by atoms with Gasteiger partial charge in [0.25, 0.3) is 5.91 Å². The van der Waals surface area contributed by atoms with Gasteiger partial charge in [-0.15, -0.1) is 11.3 Å². The average Bonchev–Trinajstić information content (AvgIpc) is 3.31. The summed E-state index contributed by atoms with van der Waals surface area (Å²) in [5.74, 6) is 0.697. The maximum Gasteiger partial charge on any atom is 0.269 e. The van der Waals surface area contributed by atoms with Crippen LogP contribution in [-0.4, -0.2) is 29.3 Å². The molecule has 25 heavy (non-hydrogen) atoms. The van der Waals surface area contributed by atoms with Gasteiger partial charge in [-0.3, -0.25) is 10.1 Å². The molecule has 1 aliphatic heterocycles. The van der Waals surface area contributed by atoms with Crippen LogP contribution in [0.2, 0.25) is 0 Å². The van der Waals surface area contributed by atoms with Crippen molar-refractivity contribution >= 4 is 17.2 Å². The fourth-order valence-electron chi connectivity index (χ4n) is 2.86. The lowest BCUT2D eigenvalue weighted by Gasteiger charge is -2.25. The lowest BCUT2D eigenvalue weighted by Crippen LogP contribution is -2.45. The molecule has 4 rings (SSSR count). The Labute approximate surface area is 149 Å². The lowest BCUT2D eigenvalue weighted by molar-refractivity contribution is 0.0900. The molecule has 1 aromatic carbocycles. The molecule has 2 aromatic heterocycles. The smallest absolute Gasteiger partial charge is 0.269 e. The minimum absolute atomic E-state index is 0.0678. The first-order chi connectivity index (χ1) is 12.2. The number of methoxy groups -OCH3 is 1. The fraction of sp³-hybridized carbons (Fsp3) is 0.222. The first kappa shape index (κ1) is 15.9. The van der Waals surface area contributed by atoms with Crippen LogP contribution in [0.4, 0.5) is 0 Å². The van der Waals surface area contributed by atoms with Gasteiger partial charge in [-0.1, -0.05) is 6.07 Å². The zero-order valence-corrected chi connectivity index (χ0v) is 14.5. The molecule has 0 radical (unpaired) electrons. The monoisotopic (exact) mass is 354 g/mol. The molecule has 3 aromatic rings. The van der Waals surface area contributed by atoms with Gasteiger partial charge in [-0.2, -0.15) is 5.10 Å². The summed E-state index contributed by atoms with van der Waals surface area (Å²) >= 11 is 1.71. The minimum Gasteiger partial charge on any atom is -0.497 e. The zero-order chi connectivity index (χ0) is 17.2. The van der Waals surface area contributed by atoms with E-state index in [1.165, 1.54) is 4.88 Å². The van der Waals surface area contributed by atoms with Gasteiger partial charge in [0, 0.05) is 17.0 Å². The number of carbonyl (C=O) groups excluding carboxylic acids is 1. The number of hydrogen-bond donors (Lipinski definition) is 2. The molecule has 7 heteroatoms. The third-order valence-electron chi connectivity index (χ3n) is 4.20. The lowest BCUT2D eigenvalue weighted by atomic mass is 10.1. The molecule has 0 fully saturated rings. The summed E-state index contributed by atoms with van der Waals surface area (Å²) in [5.41, 5.74) is 2.30. The van der Waals surface area contributed by atoms with Crippen molar-refractivity contribution in [1.82, 2.24) is 20.4 Å². The highest BCUT2D eigenvalue weighted by molar-refractivity contribution is 7.09. The number of fused-ring (bicyclic) bond motifs is 1. The van der Waals surface area contributed by atoms with Crippen LogP contribution in [0.5, 0.6) is 5.75 Å². The highest BCUT2D eigenvalue weighted by Crippen LogP contribution is 2.25. The van der Waals surface area contributed by atoms with Gasteiger partial charge in [-0.25, -0.2) is 4.68 Å². The van der Waals surface area contributed by atoms with E-state index in [9.17, 15) is 4.79 Å². The van der Waals surface area contributed by atoms with Crippen molar-refractivity contribution in [2.24, 2.45) is 0 Å². The van der Waals surface area contributed by atoms with E-state index < -0.39 is 0 Å². The third kappa shape index (κ3) is 3.16. The first-order valence-corrected chi connectivity index (χ1v) is 8.90. The van der Waals surface area contributed by atoms with E-state index in [2.05, 4.69) is 27.2 Å². The van der Waals surface area contributed by atoms with Crippen molar-refractivity contribution in [1.29, 1.82) is 0 Å². The van der Waals surface area contributed by atoms with Crippen LogP contribution < -0.4 is 15.4 Å². The summed E-state index contributed by atoms with van der Waals surface area (Å²) in [7, 11) is 1.64. The van der Waals surface area contributed by atoms with Crippen LogP contribution in [0.15, 0.2) is 47.8 Å². The van der Waals surface area contributed by atoms with E-state index in [0.717, 1.165) is 23.6 Å². The van der Waals surface area contributed by atoms with Crippen LogP contribution >= 0.6 is 11.3 Å². The molecule has 0 saturated heterocycles. The Bertz CT molecular complexity index is 871. The van der Waals surface area contributed by atoms with Gasteiger partial charge < -0.3 is 10.1 Å². The van der Waals surface area contributed by atoms with Crippen LogP contribution in [-0.2, 0) is 6.54 Å². The topological polar surface area (TPSA) is 68.2 Å². The number of nitrogens with one attached hydrogen (secondary N) is 2. The predicted molar refractivity (Wildman–Crippen MR) is 96.7 cm³/mol. The highest BCUT2D eigenvalue weighted by Gasteiger charge is 2.27. The molecule has 0 bridgehead atoms. The van der Waals surface area contributed by atoms with Crippen molar-refractivity contribution in [3.63, 3.8) is 0 Å². The molecule has 3 heterocycles. The average molecular weight is 354 g/mol. The standard InChI is InChI=1S/C18H18N4O2S/c1-24-13-6-4-12(5-7-13)15-9-16-18(23)20-11-17(22(16)21-15)19-10-14-3-2-8-25-14/h2-9,17,19H,10-11H2,1H3,(H,20,23)/t17-/m1/s1. The summed E-state index contributed by atoms with van der Waals surface area (Å²) in [6.07, 6.45) is -0.0678. The summed E-state index contributed by atoms with van der Waals surface area (Å²) in [5, 5.41) is 13.1. The molecule has 1 amide bonds. The van der Waals surface area contributed by atoms with Crippen LogP contribution in [0.3, 0.4) is 0 Å². The van der Waals surface area contributed by atoms with Crippen molar-refractivity contribution in [3.8, 4) is 17.0 Å². The third-order valence-corrected chi connectivity index (χ3v) is 5.07. The Hall–Kier alpha value is -2.64. The quantitative estimate of drug-likeness (QED) is 0.739. The number of amides is 1. The molecular formula is C18H18N4O2S. The molecule has 1 aliphatic rings. The second kappa shape index (κ2) is 6.70. The summed E-state index contributed by atoms with van der Waals surface area (Å²) in [4.78, 5) is 13.4. The molecule has 0 aliphatic carbocycles. The maximum absolute atomic E-state index is 12.2. The second-order valence-corrected chi connectivity index (χ2v) is 6.81. The molecule has 0 unspecified atom stereocenters. The second-order valence-electron chi connectivity index (χ2n) is 5.77. The van der Waals surface area contributed by atoms with Crippen LogP contribution in [0.25, 0.3) is 11.3 Å². The van der Waals surface area contributed by atoms with E-state index in [0.29, 0.717) is 12.2 Å². The van der Waals surface area contributed by atoms with E-state index in [1.807, 2.05) is 36.4 Å². The minimum atomic E-state index is -0.0959. The molecule has 6 nitrogen and oxygen atoms in total. The highest BCUT2D eigenvalue weighted by atomic mass is 32.1. The summed E-state index contributed by atoms with van der Waals surface area (Å²) in [6, 6.07) is 13.6. The molecule has 128 valence electrons. The number of carbonyl (C=O) groups is 1. The van der Waals surface area contributed by atoms with Crippen molar-refractivity contribution < 1.29 is 9.53 Å². The number of nitrogens with zero attached hydrogens (tertiary/aromatic N) is 2. The van der Waals surface area contributed by atoms with Gasteiger partial charge >= 0.3 is 0 Å². The van der Waals surface area contributed by atoms with E-state index >= 15 is 0 Å². The summed E-state index contributed by atoms with van der Waals surface area (Å²) in [6.45, 7) is 1.26. The van der Waals surface area contributed by atoms with E-state index in [-0.39, 0.29) is 12.1 Å². The van der Waals surface area contributed by atoms with E-state index in [1.54, 1.807) is 23.1 Å². The van der Waals surface area contributed by atoms with Crippen LogP contribution in [0, 0.1) is 0 Å². The normalized spacial score (nSPS) is 16.4. The van der Waals surface area contributed by atoms with Crippen molar-refractivity contribution in [2.75, 3.05) is 13.7 Å². The van der Waals surface area contributed by atoms with Crippen molar-refractivity contribution in [3.05, 3.63) is 58.4 Å². The van der Waals surface area contributed by atoms with Gasteiger partial charge in [-0.05, 0) is 41.8 Å². The van der Waals surface area contributed by atoms with Crippen molar-refractivity contribution in [2.45, 2.75) is 12.7 Å². The van der Waals surface area contributed by atoms with E-state index in [4.69, 9.17) is 4.74 Å². The Morgan fingerprint density at radius 3 is 2.92 bits per heavy atom. The molecule has 0 spiro atoms. The molecule has 1 atom stereocenters. The van der Waals surface area contributed by atoms with Gasteiger partial charge in [0.05, 0.1) is 19.3 Å². The Kier molecular flexibility index (Phi) is 4.25. The molecule has 0 saturated carbocycles.